The number of quaternary nitrogens is 2. The molecule has 3 N–H and O–H groups in total. The predicted molar refractivity (Wildman–Crippen MR) is 32.5 cm³/mol. The Morgan fingerprint density at radius 3 is 0.889 bits per heavy atom. The van der Waals surface area contributed by atoms with E-state index in [1.54, 1.807) is 0 Å². The minimum atomic E-state index is 0. The van der Waals surface area contributed by atoms with Gasteiger partial charge in [-0.1, -0.05) is 0 Å². The van der Waals surface area contributed by atoms with Crippen LogP contribution < -0.4 is 44.2 Å². The standard InChI is InChI=1S/C3H9N.C2H7N.2BrH/c1-4(2)3;1-3-2;;/h1-3H3;3H,1-2H3;2*1H. The van der Waals surface area contributed by atoms with E-state index >= 15 is 0 Å². The normalized spacial score (nSPS) is 6.00. The van der Waals surface area contributed by atoms with Gasteiger partial charge in [0.15, 0.2) is 0 Å². The fourth-order valence-corrected chi connectivity index (χ4v) is 0. The molecule has 0 aliphatic carbocycles. The third-order valence-electron chi connectivity index (χ3n) is 0. The van der Waals surface area contributed by atoms with Crippen molar-refractivity contribution in [3.8, 4) is 0 Å². The fourth-order valence-electron chi connectivity index (χ4n) is 0. The second kappa shape index (κ2) is 23.2. The van der Waals surface area contributed by atoms with Gasteiger partial charge in [0, 0.05) is 0 Å². The maximum absolute atomic E-state index is 2.08. The van der Waals surface area contributed by atoms with Crippen molar-refractivity contribution < 1.29 is 44.2 Å². The molecule has 0 aliphatic heterocycles. The average Bonchev–Trinajstić information content (AvgIpc) is 1.33. The number of rotatable bonds is 0. The number of hydrogen-bond donors (Lipinski definition) is 2. The van der Waals surface area contributed by atoms with Gasteiger partial charge < -0.3 is 44.2 Å². The largest absolute Gasteiger partial charge is 1.00 e. The molecule has 0 saturated heterocycles. The van der Waals surface area contributed by atoms with Gasteiger partial charge >= 0.3 is 0 Å². The average molecular weight is 266 g/mol. The topological polar surface area (TPSA) is 21.1 Å². The summed E-state index contributed by atoms with van der Waals surface area (Å²) in [6.07, 6.45) is 0. The van der Waals surface area contributed by atoms with Crippen molar-refractivity contribution >= 4 is 0 Å². The molecular formula is C5H18Br2N2. The van der Waals surface area contributed by atoms with Crippen molar-refractivity contribution in [1.82, 2.24) is 0 Å². The molecule has 62 valence electrons. The Hall–Kier alpha value is 0.880. The Balaban J connectivity index is -0.0000000233. The molecule has 0 heterocycles. The summed E-state index contributed by atoms with van der Waals surface area (Å²) in [5.74, 6) is 0. The van der Waals surface area contributed by atoms with Crippen LogP contribution in [0.15, 0.2) is 0 Å². The van der Waals surface area contributed by atoms with Crippen LogP contribution in [0, 0.1) is 0 Å². The lowest BCUT2D eigenvalue weighted by molar-refractivity contribution is -0.836. The van der Waals surface area contributed by atoms with Crippen molar-refractivity contribution in [2.75, 3.05) is 35.2 Å². The summed E-state index contributed by atoms with van der Waals surface area (Å²) in [5, 5.41) is 2.00. The highest BCUT2D eigenvalue weighted by Gasteiger charge is 1.61. The Labute approximate surface area is 79.5 Å². The highest BCUT2D eigenvalue weighted by Crippen LogP contribution is 0.864. The Bertz CT molecular complexity index is 24.2. The van der Waals surface area contributed by atoms with E-state index in [1.807, 2.05) is 19.4 Å². The third-order valence-corrected chi connectivity index (χ3v) is 0. The molecule has 0 amide bonds. The summed E-state index contributed by atoms with van der Waals surface area (Å²) >= 11 is 0. The van der Waals surface area contributed by atoms with E-state index < -0.39 is 0 Å². The van der Waals surface area contributed by atoms with Crippen LogP contribution in [0.2, 0.25) is 0 Å². The van der Waals surface area contributed by atoms with Crippen LogP contribution in [0.3, 0.4) is 0 Å². The predicted octanol–water partition coefficient (Wildman–Crippen LogP) is -8.42. The smallest absolute Gasteiger partial charge is 0.0661 e. The van der Waals surface area contributed by atoms with Crippen molar-refractivity contribution in [2.45, 2.75) is 0 Å². The number of hydrogen-bond acceptors (Lipinski definition) is 0. The van der Waals surface area contributed by atoms with Gasteiger partial charge in [-0.25, -0.2) is 0 Å². The molecule has 0 fully saturated rings. The first-order chi connectivity index (χ1) is 3.15. The molecule has 9 heavy (non-hydrogen) atoms. The second-order valence-electron chi connectivity index (χ2n) is 2.08. The monoisotopic (exact) mass is 264 g/mol. The first kappa shape index (κ1) is 22.5. The third kappa shape index (κ3) is 543. The number of halogens is 2. The lowest BCUT2D eigenvalue weighted by Gasteiger charge is -1.88. The minimum absolute atomic E-state index is 0. The molecule has 0 spiro atoms. The molecule has 0 saturated carbocycles. The van der Waals surface area contributed by atoms with E-state index in [2.05, 4.69) is 21.1 Å². The minimum Gasteiger partial charge on any atom is -1.00 e. The highest BCUT2D eigenvalue weighted by atomic mass is 79.9. The van der Waals surface area contributed by atoms with Crippen LogP contribution in [-0.4, -0.2) is 35.2 Å². The van der Waals surface area contributed by atoms with Gasteiger partial charge in [-0.2, -0.15) is 0 Å². The summed E-state index contributed by atoms with van der Waals surface area (Å²) in [7, 11) is 10.2. The van der Waals surface area contributed by atoms with E-state index in [1.165, 1.54) is 4.90 Å². The summed E-state index contributed by atoms with van der Waals surface area (Å²) < 4.78 is 0. The second-order valence-corrected chi connectivity index (χ2v) is 2.08. The van der Waals surface area contributed by atoms with Gasteiger partial charge in [0.05, 0.1) is 35.2 Å². The molecule has 2 nitrogen and oxygen atoms in total. The van der Waals surface area contributed by atoms with Gasteiger partial charge in [0.2, 0.25) is 0 Å². The van der Waals surface area contributed by atoms with Crippen molar-refractivity contribution in [3.05, 3.63) is 0 Å². The molecule has 0 bridgehead atoms. The molecule has 4 heteroatoms. The van der Waals surface area contributed by atoms with Crippen LogP contribution >= 0.6 is 0 Å². The van der Waals surface area contributed by atoms with Gasteiger partial charge in [-0.05, 0) is 0 Å². The Morgan fingerprint density at radius 1 is 0.889 bits per heavy atom. The van der Waals surface area contributed by atoms with Crippen LogP contribution in [0.5, 0.6) is 0 Å². The van der Waals surface area contributed by atoms with Crippen molar-refractivity contribution in [3.63, 3.8) is 0 Å². The van der Waals surface area contributed by atoms with Gasteiger partial charge in [0.25, 0.3) is 0 Å². The Morgan fingerprint density at radius 2 is 0.889 bits per heavy atom. The lowest BCUT2D eigenvalue weighted by atomic mass is 11.0. The van der Waals surface area contributed by atoms with E-state index in [-0.39, 0.29) is 34.0 Å². The summed E-state index contributed by atoms with van der Waals surface area (Å²) in [4.78, 5) is 1.42. The van der Waals surface area contributed by atoms with Gasteiger partial charge in [-0.3, -0.25) is 0 Å². The van der Waals surface area contributed by atoms with E-state index in [9.17, 15) is 0 Å². The first-order valence-corrected chi connectivity index (χ1v) is 2.65. The molecule has 0 aliphatic rings. The quantitative estimate of drug-likeness (QED) is 0.434. The fraction of sp³-hybridized carbons (Fsp3) is 1.00. The molecule has 0 rings (SSSR count). The summed E-state index contributed by atoms with van der Waals surface area (Å²) in [6.45, 7) is 0. The molecule has 0 atom stereocenters. The zero-order valence-corrected chi connectivity index (χ0v) is 10.0. The van der Waals surface area contributed by atoms with Gasteiger partial charge in [-0.15, -0.1) is 0 Å². The molecule has 0 aromatic heterocycles. The van der Waals surface area contributed by atoms with Crippen LogP contribution in [0.25, 0.3) is 0 Å². The Kier molecular flexibility index (Phi) is 58.0. The number of nitrogens with one attached hydrogen (secondary N) is 1. The molecule has 0 aromatic carbocycles. The molecule has 0 aromatic rings. The maximum Gasteiger partial charge on any atom is 0.0661 e. The van der Waals surface area contributed by atoms with Crippen LogP contribution in [0.4, 0.5) is 0 Å². The zero-order valence-electron chi connectivity index (χ0n) is 6.83. The highest BCUT2D eigenvalue weighted by molar-refractivity contribution is 3.59. The summed E-state index contributed by atoms with van der Waals surface area (Å²) in [5.41, 5.74) is 0. The van der Waals surface area contributed by atoms with Crippen molar-refractivity contribution in [1.29, 1.82) is 0 Å². The van der Waals surface area contributed by atoms with E-state index in [0.717, 1.165) is 0 Å². The SMILES string of the molecule is C[NH+](C)C.C[NH2+]C.[Br-].[Br-]. The molecule has 0 radical (unpaired) electrons. The van der Waals surface area contributed by atoms with Crippen molar-refractivity contribution in [2.24, 2.45) is 0 Å². The number of nitrogens with two attached hydrogens (primary N) is 1. The summed E-state index contributed by atoms with van der Waals surface area (Å²) in [6, 6.07) is 0. The molecule has 0 unspecified atom stereocenters. The maximum atomic E-state index is 2.08. The van der Waals surface area contributed by atoms with Crippen LogP contribution in [-0.2, 0) is 0 Å². The molecular weight excluding hydrogens is 248 g/mol. The van der Waals surface area contributed by atoms with E-state index in [0.29, 0.717) is 0 Å². The zero-order chi connectivity index (χ0) is 6.28. The first-order valence-electron chi connectivity index (χ1n) is 2.65. The lowest BCUT2D eigenvalue weighted by Crippen LogP contribution is -3.02. The van der Waals surface area contributed by atoms with E-state index in [4.69, 9.17) is 0 Å². The van der Waals surface area contributed by atoms with Gasteiger partial charge in [0.1, 0.15) is 0 Å². The van der Waals surface area contributed by atoms with Crippen LogP contribution in [0.1, 0.15) is 0 Å².